The van der Waals surface area contributed by atoms with Crippen molar-refractivity contribution in [3.05, 3.63) is 0 Å². The Balaban J connectivity index is 0.000000351. The van der Waals surface area contributed by atoms with Gasteiger partial charge in [0.15, 0.2) is 0 Å². The van der Waals surface area contributed by atoms with Gasteiger partial charge in [-0.3, -0.25) is 14.9 Å². The lowest BCUT2D eigenvalue weighted by atomic mass is 10.4. The summed E-state index contributed by atoms with van der Waals surface area (Å²) in [5.41, 5.74) is 5.33. The lowest BCUT2D eigenvalue weighted by molar-refractivity contribution is -0.124. The normalized spacial score (nSPS) is 14.4. The van der Waals surface area contributed by atoms with Crippen molar-refractivity contribution >= 4 is 11.8 Å². The lowest BCUT2D eigenvalue weighted by Crippen LogP contribution is -2.33. The SMILES string of the molecule is CCN(CC)CCNCCN.O=C1CCC(=O)N1. The summed E-state index contributed by atoms with van der Waals surface area (Å²) >= 11 is 0. The van der Waals surface area contributed by atoms with E-state index in [1.165, 1.54) is 0 Å². The van der Waals surface area contributed by atoms with Gasteiger partial charge in [0.05, 0.1) is 0 Å². The summed E-state index contributed by atoms with van der Waals surface area (Å²) < 4.78 is 0. The number of carbonyl (C=O) groups is 2. The third-order valence-electron chi connectivity index (χ3n) is 2.68. The number of nitrogens with one attached hydrogen (secondary N) is 2. The standard InChI is InChI=1S/C8H21N3.C4H5NO2/c1-3-11(4-2)8-7-10-6-5-9;6-3-1-2-4(7)5-3/h10H,3-9H2,1-2H3;1-2H2,(H,5,6,7). The second-order valence-electron chi connectivity index (χ2n) is 4.04. The highest BCUT2D eigenvalue weighted by molar-refractivity contribution is 6.01. The van der Waals surface area contributed by atoms with E-state index in [2.05, 4.69) is 29.4 Å². The molecule has 0 aromatic heterocycles. The highest BCUT2D eigenvalue weighted by Crippen LogP contribution is 1.95. The predicted octanol–water partition coefficient (Wildman–Crippen LogP) is -0.700. The topological polar surface area (TPSA) is 87.5 Å². The average Bonchev–Trinajstić information content (AvgIpc) is 2.74. The van der Waals surface area contributed by atoms with Crippen LogP contribution < -0.4 is 16.4 Å². The Kier molecular flexibility index (Phi) is 10.5. The van der Waals surface area contributed by atoms with Gasteiger partial charge in [0.25, 0.3) is 0 Å². The predicted molar refractivity (Wildman–Crippen MR) is 72.1 cm³/mol. The van der Waals surface area contributed by atoms with Gasteiger partial charge in [0.2, 0.25) is 11.8 Å². The van der Waals surface area contributed by atoms with Crippen LogP contribution in [0.2, 0.25) is 0 Å². The molecule has 1 fully saturated rings. The number of hydrogen-bond donors (Lipinski definition) is 3. The first-order valence-corrected chi connectivity index (χ1v) is 6.59. The zero-order valence-electron chi connectivity index (χ0n) is 11.5. The fourth-order valence-corrected chi connectivity index (χ4v) is 1.51. The Labute approximate surface area is 109 Å². The smallest absolute Gasteiger partial charge is 0.227 e. The fourth-order valence-electron chi connectivity index (χ4n) is 1.51. The summed E-state index contributed by atoms with van der Waals surface area (Å²) in [6.07, 6.45) is 0.748. The van der Waals surface area contributed by atoms with Crippen molar-refractivity contribution in [2.24, 2.45) is 5.73 Å². The Morgan fingerprint density at radius 2 is 1.72 bits per heavy atom. The average molecular weight is 258 g/mol. The van der Waals surface area contributed by atoms with Crippen molar-refractivity contribution in [3.63, 3.8) is 0 Å². The van der Waals surface area contributed by atoms with Gasteiger partial charge in [0.1, 0.15) is 0 Å². The molecule has 1 rings (SSSR count). The maximum atomic E-state index is 10.1. The monoisotopic (exact) mass is 258 g/mol. The van der Waals surface area contributed by atoms with E-state index in [0.717, 1.165) is 39.3 Å². The summed E-state index contributed by atoms with van der Waals surface area (Å²) in [7, 11) is 0. The van der Waals surface area contributed by atoms with Crippen LogP contribution in [0.5, 0.6) is 0 Å². The summed E-state index contributed by atoms with van der Waals surface area (Å²) in [4.78, 5) is 22.6. The van der Waals surface area contributed by atoms with Crippen LogP contribution in [0.3, 0.4) is 0 Å². The molecule has 0 aliphatic carbocycles. The van der Waals surface area contributed by atoms with Crippen molar-refractivity contribution in [1.82, 2.24) is 15.5 Å². The quantitative estimate of drug-likeness (QED) is 0.415. The van der Waals surface area contributed by atoms with Gasteiger partial charge in [-0.15, -0.1) is 0 Å². The molecule has 0 aromatic carbocycles. The highest BCUT2D eigenvalue weighted by Gasteiger charge is 2.15. The van der Waals surface area contributed by atoms with Gasteiger partial charge in [-0.25, -0.2) is 0 Å². The molecule has 0 bridgehead atoms. The van der Waals surface area contributed by atoms with Crippen LogP contribution in [0.4, 0.5) is 0 Å². The number of rotatable bonds is 7. The highest BCUT2D eigenvalue weighted by atomic mass is 16.2. The molecular weight excluding hydrogens is 232 g/mol. The van der Waals surface area contributed by atoms with Gasteiger partial charge in [-0.2, -0.15) is 0 Å². The Hall–Kier alpha value is -0.980. The summed E-state index contributed by atoms with van der Waals surface area (Å²) in [5.74, 6) is -0.296. The molecule has 2 amide bonds. The molecule has 1 aliphatic heterocycles. The van der Waals surface area contributed by atoms with Crippen molar-refractivity contribution in [2.75, 3.05) is 39.3 Å². The van der Waals surface area contributed by atoms with Crippen molar-refractivity contribution in [2.45, 2.75) is 26.7 Å². The van der Waals surface area contributed by atoms with Crippen LogP contribution in [0.25, 0.3) is 0 Å². The first-order valence-electron chi connectivity index (χ1n) is 6.59. The minimum absolute atomic E-state index is 0.148. The molecule has 6 heteroatoms. The van der Waals surface area contributed by atoms with Crippen LogP contribution >= 0.6 is 0 Å². The molecule has 0 saturated carbocycles. The van der Waals surface area contributed by atoms with Crippen LogP contribution in [-0.2, 0) is 9.59 Å². The van der Waals surface area contributed by atoms with Crippen molar-refractivity contribution < 1.29 is 9.59 Å². The van der Waals surface area contributed by atoms with Crippen molar-refractivity contribution in [3.8, 4) is 0 Å². The van der Waals surface area contributed by atoms with Crippen LogP contribution in [0, 0.1) is 0 Å². The molecule has 1 heterocycles. The first-order chi connectivity index (χ1) is 8.63. The number of carbonyl (C=O) groups excluding carboxylic acids is 2. The Morgan fingerprint density at radius 3 is 2.06 bits per heavy atom. The first kappa shape index (κ1) is 17.0. The molecule has 4 N–H and O–H groups in total. The lowest BCUT2D eigenvalue weighted by Gasteiger charge is -2.17. The van der Waals surface area contributed by atoms with Gasteiger partial charge in [-0.05, 0) is 13.1 Å². The second-order valence-corrected chi connectivity index (χ2v) is 4.04. The molecule has 18 heavy (non-hydrogen) atoms. The molecule has 6 nitrogen and oxygen atoms in total. The zero-order valence-corrected chi connectivity index (χ0v) is 11.5. The number of amides is 2. The van der Waals surface area contributed by atoms with Crippen LogP contribution in [-0.4, -0.2) is 56.0 Å². The third kappa shape index (κ3) is 9.09. The zero-order chi connectivity index (χ0) is 13.8. The number of imide groups is 1. The van der Waals surface area contributed by atoms with Crippen molar-refractivity contribution in [1.29, 1.82) is 0 Å². The Bertz CT molecular complexity index is 228. The largest absolute Gasteiger partial charge is 0.329 e. The van der Waals surface area contributed by atoms with Gasteiger partial charge in [-0.1, -0.05) is 13.8 Å². The number of nitrogens with two attached hydrogens (primary N) is 1. The minimum Gasteiger partial charge on any atom is -0.329 e. The second kappa shape index (κ2) is 11.1. The van der Waals surface area contributed by atoms with E-state index in [9.17, 15) is 9.59 Å². The van der Waals surface area contributed by atoms with E-state index in [1.807, 2.05) is 0 Å². The van der Waals surface area contributed by atoms with E-state index in [0.29, 0.717) is 12.8 Å². The molecule has 0 radical (unpaired) electrons. The fraction of sp³-hybridized carbons (Fsp3) is 0.833. The molecule has 0 aromatic rings. The number of nitrogens with zero attached hydrogens (tertiary/aromatic N) is 1. The summed E-state index contributed by atoms with van der Waals surface area (Å²) in [5, 5.41) is 5.41. The van der Waals surface area contributed by atoms with E-state index in [-0.39, 0.29) is 11.8 Å². The van der Waals surface area contributed by atoms with Gasteiger partial charge >= 0.3 is 0 Å². The minimum atomic E-state index is -0.148. The maximum Gasteiger partial charge on any atom is 0.227 e. The molecule has 0 atom stereocenters. The molecular formula is C12H26N4O2. The maximum absolute atomic E-state index is 10.1. The molecule has 1 aliphatic rings. The number of likely N-dealkylation sites (N-methyl/N-ethyl adjacent to an activating group) is 1. The summed E-state index contributed by atoms with van der Waals surface area (Å²) in [6, 6.07) is 0. The summed E-state index contributed by atoms with van der Waals surface area (Å²) in [6.45, 7) is 10.5. The molecule has 0 unspecified atom stereocenters. The van der Waals surface area contributed by atoms with E-state index in [1.54, 1.807) is 0 Å². The molecule has 1 saturated heterocycles. The Morgan fingerprint density at radius 1 is 1.17 bits per heavy atom. The third-order valence-corrected chi connectivity index (χ3v) is 2.68. The van der Waals surface area contributed by atoms with E-state index < -0.39 is 0 Å². The van der Waals surface area contributed by atoms with E-state index >= 15 is 0 Å². The van der Waals surface area contributed by atoms with Gasteiger partial charge in [0, 0.05) is 39.0 Å². The van der Waals surface area contributed by atoms with E-state index in [4.69, 9.17) is 5.73 Å². The van der Waals surface area contributed by atoms with Gasteiger partial charge < -0.3 is 16.0 Å². The van der Waals surface area contributed by atoms with Crippen LogP contribution in [0.1, 0.15) is 26.7 Å². The molecule has 106 valence electrons. The molecule has 0 spiro atoms. The number of hydrogen-bond acceptors (Lipinski definition) is 5. The van der Waals surface area contributed by atoms with Crippen LogP contribution in [0.15, 0.2) is 0 Å².